The van der Waals surface area contributed by atoms with Crippen molar-refractivity contribution < 1.29 is 17.7 Å². The first-order chi connectivity index (χ1) is 12.0. The first-order valence-electron chi connectivity index (χ1n) is 9.04. The molecule has 0 aromatic carbocycles. The predicted octanol–water partition coefficient (Wildman–Crippen LogP) is 1.41. The summed E-state index contributed by atoms with van der Waals surface area (Å²) in [6.45, 7) is 2.29. The normalized spacial score (nSPS) is 23.1. The van der Waals surface area contributed by atoms with Gasteiger partial charge in [-0.2, -0.15) is 22.0 Å². The molecule has 1 aromatic rings. The van der Waals surface area contributed by atoms with Crippen LogP contribution in [0.15, 0.2) is 4.52 Å². The summed E-state index contributed by atoms with van der Waals surface area (Å²) in [4.78, 5) is 4.43. The third-order valence-electron chi connectivity index (χ3n) is 5.07. The number of ether oxygens (including phenoxy) is 1. The predicted molar refractivity (Wildman–Crippen MR) is 92.3 cm³/mol. The second kappa shape index (κ2) is 8.11. The van der Waals surface area contributed by atoms with Crippen molar-refractivity contribution in [2.24, 2.45) is 5.92 Å². The summed E-state index contributed by atoms with van der Waals surface area (Å²) in [6.07, 6.45) is 6.53. The highest BCUT2D eigenvalue weighted by Crippen LogP contribution is 2.28. The van der Waals surface area contributed by atoms with E-state index in [-0.39, 0.29) is 5.92 Å². The largest absolute Gasteiger partial charge is 0.381 e. The van der Waals surface area contributed by atoms with E-state index < -0.39 is 10.2 Å². The van der Waals surface area contributed by atoms with Gasteiger partial charge in [-0.1, -0.05) is 18.0 Å². The molecule has 0 N–H and O–H groups in total. The zero-order valence-corrected chi connectivity index (χ0v) is 15.9. The van der Waals surface area contributed by atoms with Crippen molar-refractivity contribution in [1.82, 2.24) is 18.8 Å². The van der Waals surface area contributed by atoms with Crippen molar-refractivity contribution >= 4 is 10.2 Å². The maximum atomic E-state index is 12.2. The van der Waals surface area contributed by atoms with Gasteiger partial charge in [0.05, 0.1) is 12.5 Å². The van der Waals surface area contributed by atoms with Crippen LogP contribution in [0.1, 0.15) is 49.7 Å². The molecule has 0 amide bonds. The molecule has 1 aromatic heterocycles. The fraction of sp³-hybridized carbons (Fsp3) is 0.875. The molecule has 0 radical (unpaired) electrons. The van der Waals surface area contributed by atoms with Crippen LogP contribution >= 0.6 is 0 Å². The third-order valence-corrected chi connectivity index (χ3v) is 6.98. The van der Waals surface area contributed by atoms with Crippen LogP contribution in [-0.2, 0) is 21.4 Å². The van der Waals surface area contributed by atoms with Gasteiger partial charge in [-0.15, -0.1) is 0 Å². The minimum atomic E-state index is -3.38. The Kier molecular flexibility index (Phi) is 6.08. The minimum absolute atomic E-state index is 0.0321. The van der Waals surface area contributed by atoms with Crippen molar-refractivity contribution in [2.75, 3.05) is 40.4 Å². The highest BCUT2D eigenvalue weighted by Gasteiger charge is 2.35. The fourth-order valence-electron chi connectivity index (χ4n) is 3.50. The van der Waals surface area contributed by atoms with Gasteiger partial charge < -0.3 is 9.26 Å². The molecule has 1 unspecified atom stereocenters. The quantitative estimate of drug-likeness (QED) is 0.641. The van der Waals surface area contributed by atoms with Gasteiger partial charge in [-0.25, -0.2) is 0 Å². The molecule has 2 fully saturated rings. The zero-order valence-electron chi connectivity index (χ0n) is 15.1. The van der Waals surface area contributed by atoms with E-state index in [4.69, 9.17) is 9.26 Å². The average molecular weight is 372 g/mol. The number of nitrogens with zero attached hydrogens (tertiary/aromatic N) is 4. The van der Waals surface area contributed by atoms with Crippen LogP contribution in [0.2, 0.25) is 0 Å². The summed E-state index contributed by atoms with van der Waals surface area (Å²) in [5.74, 6) is 1.84. The van der Waals surface area contributed by atoms with Crippen LogP contribution < -0.4 is 0 Å². The van der Waals surface area contributed by atoms with E-state index in [2.05, 4.69) is 10.1 Å². The molecule has 1 saturated heterocycles. The van der Waals surface area contributed by atoms with E-state index in [0.717, 1.165) is 6.61 Å². The summed E-state index contributed by atoms with van der Waals surface area (Å²) < 4.78 is 38.1. The number of hydrogen-bond acceptors (Lipinski definition) is 6. The van der Waals surface area contributed by atoms with Crippen molar-refractivity contribution in [3.63, 3.8) is 0 Å². The van der Waals surface area contributed by atoms with Gasteiger partial charge in [-0.05, 0) is 25.2 Å². The van der Waals surface area contributed by atoms with Crippen LogP contribution in [0.4, 0.5) is 0 Å². The van der Waals surface area contributed by atoms with Crippen LogP contribution in [0.3, 0.4) is 0 Å². The van der Waals surface area contributed by atoms with Crippen molar-refractivity contribution in [1.29, 1.82) is 0 Å². The number of aromatic nitrogens is 2. The Hall–Kier alpha value is -1.03. The number of rotatable bonds is 8. The first-order valence-corrected chi connectivity index (χ1v) is 10.4. The Morgan fingerprint density at radius 3 is 2.76 bits per heavy atom. The van der Waals surface area contributed by atoms with E-state index in [9.17, 15) is 8.42 Å². The topological polar surface area (TPSA) is 88.8 Å². The second-order valence-electron chi connectivity index (χ2n) is 7.16. The van der Waals surface area contributed by atoms with Crippen molar-refractivity contribution in [3.05, 3.63) is 11.7 Å². The lowest BCUT2D eigenvalue weighted by Gasteiger charge is -2.20. The molecule has 25 heavy (non-hydrogen) atoms. The molecule has 9 heteroatoms. The smallest absolute Gasteiger partial charge is 0.281 e. The minimum Gasteiger partial charge on any atom is -0.381 e. The van der Waals surface area contributed by atoms with Gasteiger partial charge in [-0.3, -0.25) is 0 Å². The standard InChI is InChI=1S/C16H28N4O4S/c1-19(2)25(21,22)20-9-7-14(11-20)16-17-15(18-24-16)8-10-23-12-13-5-3-4-6-13/h13-14H,3-12H2,1-2H3. The highest BCUT2D eigenvalue weighted by molar-refractivity contribution is 7.86. The molecule has 8 nitrogen and oxygen atoms in total. The van der Waals surface area contributed by atoms with Gasteiger partial charge in [0, 0.05) is 40.2 Å². The van der Waals surface area contributed by atoms with E-state index in [1.54, 1.807) is 14.1 Å². The van der Waals surface area contributed by atoms with Gasteiger partial charge in [0.1, 0.15) is 0 Å². The maximum Gasteiger partial charge on any atom is 0.281 e. The molecule has 0 bridgehead atoms. The molecule has 3 rings (SSSR count). The molecule has 1 aliphatic carbocycles. The lowest BCUT2D eigenvalue weighted by molar-refractivity contribution is 0.102. The maximum absolute atomic E-state index is 12.2. The van der Waals surface area contributed by atoms with E-state index in [1.807, 2.05) is 0 Å². The van der Waals surface area contributed by atoms with E-state index >= 15 is 0 Å². The monoisotopic (exact) mass is 372 g/mol. The lowest BCUT2D eigenvalue weighted by atomic mass is 10.1. The van der Waals surface area contributed by atoms with Gasteiger partial charge in [0.2, 0.25) is 5.89 Å². The molecule has 0 spiro atoms. The fourth-order valence-corrected chi connectivity index (χ4v) is 4.66. The van der Waals surface area contributed by atoms with Gasteiger partial charge >= 0.3 is 0 Å². The number of hydrogen-bond donors (Lipinski definition) is 0. The summed E-state index contributed by atoms with van der Waals surface area (Å²) in [6, 6.07) is 0. The molecular formula is C16H28N4O4S. The zero-order chi connectivity index (χ0) is 17.9. The Morgan fingerprint density at radius 1 is 1.28 bits per heavy atom. The summed E-state index contributed by atoms with van der Waals surface area (Å²) in [7, 11) is -0.298. The Bertz CT molecular complexity index is 655. The second-order valence-corrected chi connectivity index (χ2v) is 9.30. The molecule has 142 valence electrons. The molecule has 1 saturated carbocycles. The summed E-state index contributed by atoms with van der Waals surface area (Å²) in [5.41, 5.74) is 0. The van der Waals surface area contributed by atoms with Crippen LogP contribution in [-0.4, -0.2) is 67.6 Å². The Morgan fingerprint density at radius 2 is 2.04 bits per heavy atom. The van der Waals surface area contributed by atoms with Crippen LogP contribution in [0.25, 0.3) is 0 Å². The van der Waals surface area contributed by atoms with E-state index in [1.165, 1.54) is 34.3 Å². The SMILES string of the molecule is CN(C)S(=O)(=O)N1CCC(c2nc(CCOCC3CCCC3)no2)C1. The van der Waals surface area contributed by atoms with Crippen LogP contribution in [0, 0.1) is 5.92 Å². The highest BCUT2D eigenvalue weighted by atomic mass is 32.2. The van der Waals surface area contributed by atoms with Crippen molar-refractivity contribution in [3.8, 4) is 0 Å². The van der Waals surface area contributed by atoms with Crippen molar-refractivity contribution in [2.45, 2.75) is 44.4 Å². The Labute approximate surface area is 149 Å². The summed E-state index contributed by atoms with van der Waals surface area (Å²) in [5, 5.41) is 4.01. The molecule has 1 aliphatic heterocycles. The first kappa shape index (κ1) is 18.8. The van der Waals surface area contributed by atoms with Gasteiger partial charge in [0.25, 0.3) is 10.2 Å². The molecule has 1 atom stereocenters. The lowest BCUT2D eigenvalue weighted by Crippen LogP contribution is -2.38. The average Bonchev–Trinajstić information content (AvgIpc) is 3.31. The summed E-state index contributed by atoms with van der Waals surface area (Å²) >= 11 is 0. The molecular weight excluding hydrogens is 344 g/mol. The molecule has 2 heterocycles. The molecule has 2 aliphatic rings. The third kappa shape index (κ3) is 4.58. The Balaban J connectivity index is 1.45. The van der Waals surface area contributed by atoms with E-state index in [0.29, 0.717) is 50.2 Å². The van der Waals surface area contributed by atoms with Gasteiger partial charge in [0.15, 0.2) is 5.82 Å². The van der Waals surface area contributed by atoms with Crippen LogP contribution in [0.5, 0.6) is 0 Å².